The monoisotopic (exact) mass is 423 g/mol. The molecule has 0 aliphatic heterocycles. The van der Waals surface area contributed by atoms with Gasteiger partial charge in [0.05, 0.1) is 10.9 Å². The normalized spacial score (nSPS) is 11.7. The number of nitrogens with one attached hydrogen (secondary N) is 1. The van der Waals surface area contributed by atoms with Gasteiger partial charge < -0.3 is 10.4 Å². The van der Waals surface area contributed by atoms with Crippen molar-refractivity contribution in [2.24, 2.45) is 0 Å². The molecule has 0 atom stereocenters. The lowest BCUT2D eigenvalue weighted by atomic mass is 10.1. The Morgan fingerprint density at radius 2 is 1.73 bits per heavy atom. The lowest BCUT2D eigenvalue weighted by molar-refractivity contribution is 0.0695. The van der Waals surface area contributed by atoms with Gasteiger partial charge in [-0.25, -0.2) is 27.3 Å². The molecule has 0 bridgehead atoms. The highest BCUT2D eigenvalue weighted by Gasteiger charge is 2.24. The van der Waals surface area contributed by atoms with Crippen LogP contribution in [0.25, 0.3) is 16.7 Å². The average molecular weight is 423 g/mol. The number of aromatic carboxylic acids is 1. The first kappa shape index (κ1) is 21.3. The highest BCUT2D eigenvalue weighted by molar-refractivity contribution is 5.94. The summed E-state index contributed by atoms with van der Waals surface area (Å²) in [6.07, 6.45) is 0.752. The van der Waals surface area contributed by atoms with Crippen molar-refractivity contribution < 1.29 is 27.5 Å². The summed E-state index contributed by atoms with van der Waals surface area (Å²) in [4.78, 5) is 27.9. The predicted octanol–water partition coefficient (Wildman–Crippen LogP) is 4.16. The van der Waals surface area contributed by atoms with Crippen LogP contribution in [-0.4, -0.2) is 26.2 Å². The van der Waals surface area contributed by atoms with E-state index in [0.717, 1.165) is 17.7 Å². The largest absolute Gasteiger partial charge is 0.477 e. The zero-order valence-electron chi connectivity index (χ0n) is 16.4. The van der Waals surface area contributed by atoms with Crippen LogP contribution >= 0.6 is 0 Å². The number of hydrogen-bond acceptors (Lipinski definition) is 4. The number of carboxylic acid groups (broad SMARTS) is 1. The standard InChI is InChI=1S/C20H17F4N3O3/c1-8-14(24)11(21)5-9-15(8)27(7-10(16(9)28)19(29)30)18-13(23)6-12(22)17(25-18)26-20(2,3)4/h5-7H,1-4H3,(H,25,26)(H,29,30). The molecule has 2 N–H and O–H groups in total. The highest BCUT2D eigenvalue weighted by Crippen LogP contribution is 2.28. The van der Waals surface area contributed by atoms with E-state index in [4.69, 9.17) is 0 Å². The van der Waals surface area contributed by atoms with Gasteiger partial charge >= 0.3 is 5.97 Å². The van der Waals surface area contributed by atoms with Crippen molar-refractivity contribution in [3.8, 4) is 5.82 Å². The van der Waals surface area contributed by atoms with Crippen LogP contribution in [0.4, 0.5) is 23.4 Å². The van der Waals surface area contributed by atoms with Crippen molar-refractivity contribution in [1.82, 2.24) is 9.55 Å². The van der Waals surface area contributed by atoms with Crippen molar-refractivity contribution in [3.63, 3.8) is 0 Å². The van der Waals surface area contributed by atoms with Gasteiger partial charge in [0.15, 0.2) is 34.9 Å². The number of rotatable bonds is 3. The fourth-order valence-corrected chi connectivity index (χ4v) is 3.01. The molecule has 2 heterocycles. The molecule has 0 saturated heterocycles. The second-order valence-corrected chi connectivity index (χ2v) is 7.74. The minimum atomic E-state index is -1.66. The van der Waals surface area contributed by atoms with Gasteiger partial charge in [-0.3, -0.25) is 9.36 Å². The van der Waals surface area contributed by atoms with Gasteiger partial charge in [0.25, 0.3) is 0 Å². The third kappa shape index (κ3) is 3.60. The maximum Gasteiger partial charge on any atom is 0.341 e. The van der Waals surface area contributed by atoms with Gasteiger partial charge in [0, 0.05) is 23.4 Å². The predicted molar refractivity (Wildman–Crippen MR) is 102 cm³/mol. The Hall–Kier alpha value is -3.43. The van der Waals surface area contributed by atoms with Crippen molar-refractivity contribution in [1.29, 1.82) is 0 Å². The molecule has 2 aromatic heterocycles. The summed E-state index contributed by atoms with van der Waals surface area (Å²) < 4.78 is 57.9. The third-order valence-electron chi connectivity index (χ3n) is 4.27. The van der Waals surface area contributed by atoms with Crippen molar-refractivity contribution in [2.45, 2.75) is 33.2 Å². The fraction of sp³-hybridized carbons (Fsp3) is 0.250. The van der Waals surface area contributed by atoms with Crippen LogP contribution in [0.2, 0.25) is 0 Å². The number of aromatic nitrogens is 2. The summed E-state index contributed by atoms with van der Waals surface area (Å²) in [5, 5.41) is 11.6. The number of halogens is 4. The molecular formula is C20H17F4N3O3. The smallest absolute Gasteiger partial charge is 0.341 e. The molecule has 1 aromatic carbocycles. The second kappa shape index (κ2) is 7.12. The summed E-state index contributed by atoms with van der Waals surface area (Å²) >= 11 is 0. The van der Waals surface area contributed by atoms with Crippen molar-refractivity contribution in [3.05, 3.63) is 62.9 Å². The maximum absolute atomic E-state index is 14.7. The van der Waals surface area contributed by atoms with Gasteiger partial charge in [0.2, 0.25) is 5.43 Å². The lowest BCUT2D eigenvalue weighted by Gasteiger charge is -2.23. The Morgan fingerprint density at radius 1 is 1.10 bits per heavy atom. The van der Waals surface area contributed by atoms with Crippen LogP contribution < -0.4 is 10.7 Å². The van der Waals surface area contributed by atoms with E-state index in [1.54, 1.807) is 20.8 Å². The number of nitrogens with zero attached hydrogens (tertiary/aromatic N) is 2. The van der Waals surface area contributed by atoms with Gasteiger partial charge in [-0.05, 0) is 33.8 Å². The topological polar surface area (TPSA) is 84.2 Å². The number of anilines is 1. The van der Waals surface area contributed by atoms with E-state index >= 15 is 0 Å². The van der Waals surface area contributed by atoms with Gasteiger partial charge in [-0.2, -0.15) is 0 Å². The first-order chi connectivity index (χ1) is 13.8. The van der Waals surface area contributed by atoms with Crippen LogP contribution in [0.3, 0.4) is 0 Å². The molecule has 30 heavy (non-hydrogen) atoms. The molecule has 0 radical (unpaired) electrons. The third-order valence-corrected chi connectivity index (χ3v) is 4.27. The quantitative estimate of drug-likeness (QED) is 0.618. The Kier molecular flexibility index (Phi) is 5.05. The molecule has 0 aliphatic carbocycles. The molecule has 0 amide bonds. The van der Waals surface area contributed by atoms with Gasteiger partial charge in [0.1, 0.15) is 5.56 Å². The molecule has 0 spiro atoms. The summed E-state index contributed by atoms with van der Waals surface area (Å²) in [6.45, 7) is 6.26. The second-order valence-electron chi connectivity index (χ2n) is 7.74. The van der Waals surface area contributed by atoms with E-state index in [-0.39, 0.29) is 16.9 Å². The Balaban J connectivity index is 2.48. The number of pyridine rings is 2. The molecule has 3 rings (SSSR count). The van der Waals surface area contributed by atoms with E-state index in [1.807, 2.05) is 0 Å². The maximum atomic E-state index is 14.7. The number of hydrogen-bond donors (Lipinski definition) is 2. The molecule has 3 aromatic rings. The fourth-order valence-electron chi connectivity index (χ4n) is 3.01. The van der Waals surface area contributed by atoms with E-state index in [1.165, 1.54) is 0 Å². The Labute approximate surface area is 167 Å². The van der Waals surface area contributed by atoms with Gasteiger partial charge in [-0.1, -0.05) is 0 Å². The molecular weight excluding hydrogens is 406 g/mol. The molecule has 0 saturated carbocycles. The van der Waals surface area contributed by atoms with Crippen LogP contribution in [0.15, 0.2) is 23.1 Å². The SMILES string of the molecule is Cc1c(F)c(F)cc2c(=O)c(C(=O)O)cn(-c3nc(NC(C)(C)C)c(F)cc3F)c12. The Morgan fingerprint density at radius 3 is 2.30 bits per heavy atom. The molecule has 0 unspecified atom stereocenters. The molecule has 0 fully saturated rings. The zero-order valence-corrected chi connectivity index (χ0v) is 16.4. The van der Waals surface area contributed by atoms with Crippen molar-refractivity contribution >= 4 is 22.7 Å². The van der Waals surface area contributed by atoms with E-state index in [2.05, 4.69) is 10.3 Å². The summed E-state index contributed by atoms with van der Waals surface area (Å²) in [5.74, 6) is -7.47. The molecule has 6 nitrogen and oxygen atoms in total. The van der Waals surface area contributed by atoms with E-state index < -0.39 is 57.0 Å². The van der Waals surface area contributed by atoms with E-state index in [9.17, 15) is 32.3 Å². The van der Waals surface area contributed by atoms with Crippen LogP contribution in [0.1, 0.15) is 36.7 Å². The average Bonchev–Trinajstić information content (AvgIpc) is 2.62. The number of fused-ring (bicyclic) bond motifs is 1. The van der Waals surface area contributed by atoms with Crippen molar-refractivity contribution in [2.75, 3.05) is 5.32 Å². The summed E-state index contributed by atoms with van der Waals surface area (Å²) in [7, 11) is 0. The zero-order chi connectivity index (χ0) is 22.5. The number of aryl methyl sites for hydroxylation is 1. The Bertz CT molecular complexity index is 1260. The number of carboxylic acids is 1. The summed E-state index contributed by atoms with van der Waals surface area (Å²) in [6, 6.07) is 1.06. The molecule has 0 aliphatic rings. The number of benzene rings is 1. The van der Waals surface area contributed by atoms with Crippen LogP contribution in [0, 0.1) is 30.2 Å². The first-order valence-electron chi connectivity index (χ1n) is 8.73. The first-order valence-corrected chi connectivity index (χ1v) is 8.73. The number of carbonyl (C=O) groups is 1. The lowest BCUT2D eigenvalue weighted by Crippen LogP contribution is -2.28. The summed E-state index contributed by atoms with van der Waals surface area (Å²) in [5.41, 5.74) is -3.21. The molecule has 10 heteroatoms. The van der Waals surface area contributed by atoms with Crippen LogP contribution in [-0.2, 0) is 0 Å². The van der Waals surface area contributed by atoms with Crippen LogP contribution in [0.5, 0.6) is 0 Å². The van der Waals surface area contributed by atoms with E-state index in [0.29, 0.717) is 12.1 Å². The highest BCUT2D eigenvalue weighted by atomic mass is 19.2. The minimum Gasteiger partial charge on any atom is -0.477 e. The molecule has 158 valence electrons. The minimum absolute atomic E-state index is 0.288. The van der Waals surface area contributed by atoms with Gasteiger partial charge in [-0.15, -0.1) is 0 Å².